The van der Waals surface area contributed by atoms with Crippen molar-refractivity contribution in [3.8, 4) is 0 Å². The summed E-state index contributed by atoms with van der Waals surface area (Å²) >= 11 is 5.57. The molecule has 0 aliphatic heterocycles. The third-order valence-electron chi connectivity index (χ3n) is 2.88. The van der Waals surface area contributed by atoms with Crippen molar-refractivity contribution in [3.63, 3.8) is 0 Å². The van der Waals surface area contributed by atoms with Gasteiger partial charge in [0.05, 0.1) is 11.0 Å². The highest BCUT2D eigenvalue weighted by Crippen LogP contribution is 2.18. The summed E-state index contributed by atoms with van der Waals surface area (Å²) in [5.74, 6) is 0.146. The molecule has 1 aromatic rings. The van der Waals surface area contributed by atoms with Crippen LogP contribution in [0.5, 0.6) is 0 Å². The van der Waals surface area contributed by atoms with Crippen LogP contribution in [0, 0.1) is 0 Å². The van der Waals surface area contributed by atoms with Gasteiger partial charge in [-0.25, -0.2) is 0 Å². The summed E-state index contributed by atoms with van der Waals surface area (Å²) in [7, 11) is -4.78. The van der Waals surface area contributed by atoms with E-state index in [4.69, 9.17) is 15.8 Å². The zero-order valence-corrected chi connectivity index (χ0v) is 15.1. The van der Waals surface area contributed by atoms with Crippen LogP contribution in [0.15, 0.2) is 29.2 Å². The van der Waals surface area contributed by atoms with E-state index >= 15 is 0 Å². The monoisotopic (exact) mass is 334 g/mol. The highest BCUT2D eigenvalue weighted by atomic mass is 35.5. The van der Waals surface area contributed by atoms with Gasteiger partial charge >= 0.3 is 0 Å². The molecule has 1 aromatic carbocycles. The predicted octanol–water partition coefficient (Wildman–Crippen LogP) is 3.90. The van der Waals surface area contributed by atoms with Crippen molar-refractivity contribution in [3.05, 3.63) is 29.8 Å². The second-order valence-electron chi connectivity index (χ2n) is 6.22. The molecule has 3 nitrogen and oxygen atoms in total. The van der Waals surface area contributed by atoms with Crippen molar-refractivity contribution >= 4 is 29.8 Å². The standard InChI is InChI=1S/C14H23ClO3SSi/c1-12(11-15)18-19(16,17)14-7-5-13(6-8-14)9-10-20(2,3)4/h5-8,12H,9-11H2,1-4H3. The highest BCUT2D eigenvalue weighted by molar-refractivity contribution is 7.86. The smallest absolute Gasteiger partial charge is 0.262 e. The molecule has 0 saturated heterocycles. The van der Waals surface area contributed by atoms with Gasteiger partial charge in [0.25, 0.3) is 10.1 Å². The van der Waals surface area contributed by atoms with E-state index in [1.807, 2.05) is 12.1 Å². The lowest BCUT2D eigenvalue weighted by atomic mass is 10.2. The lowest BCUT2D eigenvalue weighted by Gasteiger charge is -2.15. The highest BCUT2D eigenvalue weighted by Gasteiger charge is 2.19. The SMILES string of the molecule is CC(CCl)OS(=O)(=O)c1ccc(CC[Si](C)(C)C)cc1. The molecule has 1 unspecified atom stereocenters. The first-order chi connectivity index (χ1) is 9.14. The van der Waals surface area contributed by atoms with Crippen LogP contribution in [-0.2, 0) is 20.7 Å². The molecule has 0 radical (unpaired) electrons. The molecule has 20 heavy (non-hydrogen) atoms. The summed E-state index contributed by atoms with van der Waals surface area (Å²) in [4.78, 5) is 0.186. The Balaban J connectivity index is 2.76. The van der Waals surface area contributed by atoms with Gasteiger partial charge in [-0.05, 0) is 31.0 Å². The lowest BCUT2D eigenvalue weighted by Crippen LogP contribution is -2.20. The van der Waals surface area contributed by atoms with Gasteiger partial charge in [-0.1, -0.05) is 37.8 Å². The molecule has 0 N–H and O–H groups in total. The van der Waals surface area contributed by atoms with Crippen molar-refractivity contribution in [2.24, 2.45) is 0 Å². The number of halogens is 1. The molecule has 1 rings (SSSR count). The molecular weight excluding hydrogens is 312 g/mol. The van der Waals surface area contributed by atoms with E-state index < -0.39 is 24.3 Å². The summed E-state index contributed by atoms with van der Waals surface area (Å²) in [6, 6.07) is 8.13. The first-order valence-electron chi connectivity index (χ1n) is 6.72. The Hall–Kier alpha value is -0.363. The van der Waals surface area contributed by atoms with Crippen LogP contribution < -0.4 is 0 Å². The zero-order valence-electron chi connectivity index (χ0n) is 12.5. The van der Waals surface area contributed by atoms with E-state index in [1.165, 1.54) is 6.04 Å². The molecule has 114 valence electrons. The summed E-state index contributed by atoms with van der Waals surface area (Å²) in [5.41, 5.74) is 1.16. The molecular formula is C14H23ClO3SSi. The fourth-order valence-corrected chi connectivity index (χ4v) is 3.90. The van der Waals surface area contributed by atoms with Gasteiger partial charge in [0.1, 0.15) is 0 Å². The van der Waals surface area contributed by atoms with E-state index in [9.17, 15) is 8.42 Å². The molecule has 0 spiro atoms. The van der Waals surface area contributed by atoms with Gasteiger partial charge in [0.2, 0.25) is 0 Å². The van der Waals surface area contributed by atoms with E-state index in [2.05, 4.69) is 19.6 Å². The van der Waals surface area contributed by atoms with E-state index in [-0.39, 0.29) is 10.8 Å². The average molecular weight is 335 g/mol. The number of benzene rings is 1. The van der Waals surface area contributed by atoms with Crippen molar-refractivity contribution in [2.45, 2.75) is 50.0 Å². The quantitative estimate of drug-likeness (QED) is 0.431. The van der Waals surface area contributed by atoms with E-state index in [1.54, 1.807) is 19.1 Å². The molecule has 0 aliphatic rings. The predicted molar refractivity (Wildman–Crippen MR) is 86.8 cm³/mol. The van der Waals surface area contributed by atoms with Crippen molar-refractivity contribution in [1.82, 2.24) is 0 Å². The number of hydrogen-bond donors (Lipinski definition) is 0. The maximum Gasteiger partial charge on any atom is 0.297 e. The van der Waals surface area contributed by atoms with Crippen LogP contribution in [0.25, 0.3) is 0 Å². The Morgan fingerprint density at radius 1 is 1.20 bits per heavy atom. The summed E-state index contributed by atoms with van der Waals surface area (Å²) < 4.78 is 28.9. The van der Waals surface area contributed by atoms with Gasteiger partial charge in [-0.15, -0.1) is 11.6 Å². The largest absolute Gasteiger partial charge is 0.297 e. The Morgan fingerprint density at radius 2 is 1.75 bits per heavy atom. The first kappa shape index (κ1) is 17.7. The van der Waals surface area contributed by atoms with Crippen molar-refractivity contribution in [2.75, 3.05) is 5.88 Å². The topological polar surface area (TPSA) is 43.4 Å². The van der Waals surface area contributed by atoms with Crippen molar-refractivity contribution < 1.29 is 12.6 Å². The summed E-state index contributed by atoms with van der Waals surface area (Å²) in [6.45, 7) is 8.61. The Morgan fingerprint density at radius 3 is 2.20 bits per heavy atom. The second kappa shape index (κ2) is 7.07. The molecule has 1 atom stereocenters. The molecule has 0 bridgehead atoms. The molecule has 0 saturated carbocycles. The first-order valence-corrected chi connectivity index (χ1v) is 12.4. The molecule has 0 aromatic heterocycles. The molecule has 6 heteroatoms. The number of hydrogen-bond acceptors (Lipinski definition) is 3. The van der Waals surface area contributed by atoms with Gasteiger partial charge in [-0.3, -0.25) is 4.18 Å². The maximum absolute atomic E-state index is 12.0. The fraction of sp³-hybridized carbons (Fsp3) is 0.571. The molecule has 0 amide bonds. The molecule has 0 aliphatic carbocycles. The number of rotatable bonds is 7. The summed E-state index contributed by atoms with van der Waals surface area (Å²) in [5, 5.41) is 0. The van der Waals surface area contributed by atoms with E-state index in [0.29, 0.717) is 0 Å². The molecule has 0 fully saturated rings. The van der Waals surface area contributed by atoms with Crippen LogP contribution in [0.4, 0.5) is 0 Å². The van der Waals surface area contributed by atoms with E-state index in [0.717, 1.165) is 12.0 Å². The van der Waals surface area contributed by atoms with Crippen molar-refractivity contribution in [1.29, 1.82) is 0 Å². The minimum absolute atomic E-state index is 0.146. The van der Waals surface area contributed by atoms with Gasteiger partial charge < -0.3 is 0 Å². The normalized spacial score (nSPS) is 14.2. The Bertz CT molecular complexity index is 520. The third-order valence-corrected chi connectivity index (χ3v) is 6.50. The van der Waals surface area contributed by atoms with Gasteiger partial charge in [0, 0.05) is 14.0 Å². The molecule has 0 heterocycles. The minimum atomic E-state index is -3.71. The van der Waals surface area contributed by atoms with Crippen LogP contribution in [0.1, 0.15) is 12.5 Å². The summed E-state index contributed by atoms with van der Waals surface area (Å²) in [6.07, 6.45) is 0.475. The van der Waals surface area contributed by atoms with Crippen LogP contribution in [-0.4, -0.2) is 28.5 Å². The van der Waals surface area contributed by atoms with Gasteiger partial charge in [0.15, 0.2) is 0 Å². The third kappa shape index (κ3) is 5.95. The van der Waals surface area contributed by atoms with Crippen LogP contribution >= 0.6 is 11.6 Å². The fourth-order valence-electron chi connectivity index (χ4n) is 1.64. The number of alkyl halides is 1. The van der Waals surface area contributed by atoms with Crippen LogP contribution in [0.2, 0.25) is 25.7 Å². The number of aryl methyl sites for hydroxylation is 1. The minimum Gasteiger partial charge on any atom is -0.262 e. The Kier molecular flexibility index (Phi) is 6.25. The Labute approximate surface area is 128 Å². The lowest BCUT2D eigenvalue weighted by molar-refractivity contribution is 0.252. The zero-order chi connectivity index (χ0) is 15.4. The average Bonchev–Trinajstić information content (AvgIpc) is 2.35. The maximum atomic E-state index is 12.0. The second-order valence-corrected chi connectivity index (χ2v) is 13.7. The van der Waals surface area contributed by atoms with Gasteiger partial charge in [-0.2, -0.15) is 8.42 Å². The van der Waals surface area contributed by atoms with Crippen LogP contribution in [0.3, 0.4) is 0 Å².